The number of benzene rings is 2. The molecule has 0 aliphatic carbocycles. The molecule has 0 radical (unpaired) electrons. The van der Waals surface area contributed by atoms with Crippen LogP contribution >= 0.6 is 0 Å². The zero-order valence-electron chi connectivity index (χ0n) is 17.8. The number of nitrogens with two attached hydrogens (primary N) is 3. The molecule has 0 aliphatic rings. The van der Waals surface area contributed by atoms with Crippen molar-refractivity contribution >= 4 is 5.84 Å². The molecule has 2 aromatic carbocycles. The molecule has 0 unspecified atom stereocenters. The standard InChI is InChI=1S/C24H36N4O2/c25-23(26)19-11-9-13-21(17-19)29-15-7-5-3-1-2-4-6-8-16-30-22-14-10-12-20(18-22)24(27)28/h9-14,17-18,23H,1-8,15-16,25-26H2,(H3,27,28). The van der Waals surface area contributed by atoms with Crippen LogP contribution in [0, 0.1) is 5.41 Å². The number of amidine groups is 1. The number of rotatable bonds is 15. The summed E-state index contributed by atoms with van der Waals surface area (Å²) in [7, 11) is 0. The van der Waals surface area contributed by atoms with Crippen LogP contribution in [0.2, 0.25) is 0 Å². The van der Waals surface area contributed by atoms with Crippen molar-refractivity contribution < 1.29 is 9.47 Å². The predicted molar refractivity (Wildman–Crippen MR) is 123 cm³/mol. The molecule has 0 saturated heterocycles. The van der Waals surface area contributed by atoms with E-state index in [0.29, 0.717) is 12.2 Å². The summed E-state index contributed by atoms with van der Waals surface area (Å²) in [4.78, 5) is 0. The summed E-state index contributed by atoms with van der Waals surface area (Å²) in [5, 5.41) is 7.46. The Morgan fingerprint density at radius 1 is 0.733 bits per heavy atom. The SMILES string of the molecule is N=C(N)c1cccc(OCCCCCCCCCCOc2cccc(C(N)N)c2)c1. The Morgan fingerprint density at radius 2 is 1.23 bits per heavy atom. The molecule has 0 aliphatic heterocycles. The van der Waals surface area contributed by atoms with Gasteiger partial charge in [-0.2, -0.15) is 0 Å². The average molecular weight is 413 g/mol. The van der Waals surface area contributed by atoms with Crippen molar-refractivity contribution in [1.29, 1.82) is 5.41 Å². The molecule has 164 valence electrons. The molecular weight excluding hydrogens is 376 g/mol. The van der Waals surface area contributed by atoms with Gasteiger partial charge < -0.3 is 26.7 Å². The van der Waals surface area contributed by atoms with Crippen LogP contribution in [0.4, 0.5) is 0 Å². The fourth-order valence-corrected chi connectivity index (χ4v) is 3.21. The first-order valence-electron chi connectivity index (χ1n) is 10.9. The van der Waals surface area contributed by atoms with Crippen LogP contribution in [0.1, 0.15) is 68.7 Å². The highest BCUT2D eigenvalue weighted by Gasteiger charge is 2.02. The second-order valence-electron chi connectivity index (χ2n) is 7.57. The van der Waals surface area contributed by atoms with Crippen LogP contribution in [0.15, 0.2) is 48.5 Å². The van der Waals surface area contributed by atoms with Crippen molar-refractivity contribution in [2.45, 2.75) is 57.5 Å². The van der Waals surface area contributed by atoms with Crippen molar-refractivity contribution in [1.82, 2.24) is 0 Å². The highest BCUT2D eigenvalue weighted by atomic mass is 16.5. The Labute approximate surface area is 180 Å². The minimum atomic E-state index is -0.460. The van der Waals surface area contributed by atoms with Crippen molar-refractivity contribution in [2.24, 2.45) is 17.2 Å². The molecule has 0 aromatic heterocycles. The summed E-state index contributed by atoms with van der Waals surface area (Å²) in [6.45, 7) is 1.43. The normalized spacial score (nSPS) is 10.9. The highest BCUT2D eigenvalue weighted by molar-refractivity contribution is 5.95. The second-order valence-corrected chi connectivity index (χ2v) is 7.57. The van der Waals surface area contributed by atoms with Gasteiger partial charge in [0.25, 0.3) is 0 Å². The number of ether oxygens (including phenoxy) is 2. The number of unbranched alkanes of at least 4 members (excludes halogenated alkanes) is 7. The number of nitrogen functional groups attached to an aromatic ring is 1. The molecule has 2 aromatic rings. The van der Waals surface area contributed by atoms with E-state index in [4.69, 9.17) is 32.1 Å². The summed E-state index contributed by atoms with van der Waals surface area (Å²) in [6, 6.07) is 15.1. The molecule has 0 spiro atoms. The highest BCUT2D eigenvalue weighted by Crippen LogP contribution is 2.17. The molecule has 0 fully saturated rings. The molecule has 6 nitrogen and oxygen atoms in total. The Hall–Kier alpha value is -2.57. The van der Waals surface area contributed by atoms with Gasteiger partial charge in [-0.1, -0.05) is 62.8 Å². The minimum absolute atomic E-state index is 0.0672. The van der Waals surface area contributed by atoms with E-state index < -0.39 is 6.17 Å². The van der Waals surface area contributed by atoms with Gasteiger partial charge in [0.1, 0.15) is 17.3 Å². The molecule has 6 heteroatoms. The zero-order chi connectivity index (χ0) is 21.6. The smallest absolute Gasteiger partial charge is 0.122 e. The van der Waals surface area contributed by atoms with Gasteiger partial charge in [0.05, 0.1) is 19.4 Å². The second kappa shape index (κ2) is 13.6. The fraction of sp³-hybridized carbons (Fsp3) is 0.458. The molecule has 0 heterocycles. The van der Waals surface area contributed by atoms with Gasteiger partial charge in [-0.3, -0.25) is 5.41 Å². The molecule has 0 bridgehead atoms. The van der Waals surface area contributed by atoms with Gasteiger partial charge in [0.2, 0.25) is 0 Å². The molecule has 0 saturated carbocycles. The van der Waals surface area contributed by atoms with Crippen molar-refractivity contribution in [3.05, 3.63) is 59.7 Å². The van der Waals surface area contributed by atoms with Gasteiger partial charge in [-0.25, -0.2) is 0 Å². The lowest BCUT2D eigenvalue weighted by atomic mass is 10.1. The van der Waals surface area contributed by atoms with Crippen LogP contribution in [-0.2, 0) is 0 Å². The monoisotopic (exact) mass is 412 g/mol. The van der Waals surface area contributed by atoms with E-state index in [-0.39, 0.29) is 5.84 Å². The quantitative estimate of drug-likeness (QED) is 0.149. The maximum atomic E-state index is 7.46. The third kappa shape index (κ3) is 9.29. The summed E-state index contributed by atoms with van der Waals surface area (Å²) in [5.41, 5.74) is 18.5. The van der Waals surface area contributed by atoms with Crippen LogP contribution in [-0.4, -0.2) is 19.0 Å². The average Bonchev–Trinajstić information content (AvgIpc) is 2.75. The first kappa shape index (κ1) is 23.7. The Kier molecular flexibility index (Phi) is 10.8. The first-order valence-corrected chi connectivity index (χ1v) is 10.9. The zero-order valence-corrected chi connectivity index (χ0v) is 17.8. The van der Waals surface area contributed by atoms with E-state index in [9.17, 15) is 0 Å². The molecule has 0 atom stereocenters. The molecule has 2 rings (SSSR count). The number of hydrogen-bond donors (Lipinski definition) is 4. The number of nitrogens with one attached hydrogen (secondary N) is 1. The van der Waals surface area contributed by atoms with E-state index in [1.165, 1.54) is 38.5 Å². The Morgan fingerprint density at radius 3 is 1.77 bits per heavy atom. The Balaban J connectivity index is 1.42. The van der Waals surface area contributed by atoms with Gasteiger partial charge in [-0.15, -0.1) is 0 Å². The maximum absolute atomic E-state index is 7.46. The molecule has 0 amide bonds. The lowest BCUT2D eigenvalue weighted by Gasteiger charge is -2.10. The molecule has 7 N–H and O–H groups in total. The summed E-state index contributed by atoms with van der Waals surface area (Å²) in [5.74, 6) is 1.68. The molecular formula is C24H36N4O2. The lowest BCUT2D eigenvalue weighted by Crippen LogP contribution is -2.19. The van der Waals surface area contributed by atoms with Crippen molar-refractivity contribution in [2.75, 3.05) is 13.2 Å². The van der Waals surface area contributed by atoms with Crippen molar-refractivity contribution in [3.8, 4) is 11.5 Å². The van der Waals surface area contributed by atoms with E-state index in [0.717, 1.165) is 36.5 Å². The van der Waals surface area contributed by atoms with Gasteiger partial charge in [0, 0.05) is 5.56 Å². The lowest BCUT2D eigenvalue weighted by molar-refractivity contribution is 0.301. The third-order valence-corrected chi connectivity index (χ3v) is 4.96. The predicted octanol–water partition coefficient (Wildman–Crippen LogP) is 4.47. The Bertz CT molecular complexity index is 764. The van der Waals surface area contributed by atoms with Gasteiger partial charge >= 0.3 is 0 Å². The van der Waals surface area contributed by atoms with Crippen molar-refractivity contribution in [3.63, 3.8) is 0 Å². The van der Waals surface area contributed by atoms with Crippen LogP contribution in [0.25, 0.3) is 0 Å². The summed E-state index contributed by atoms with van der Waals surface area (Å²) >= 11 is 0. The van der Waals surface area contributed by atoms with E-state index >= 15 is 0 Å². The third-order valence-electron chi connectivity index (χ3n) is 4.96. The fourth-order valence-electron chi connectivity index (χ4n) is 3.21. The van der Waals surface area contributed by atoms with E-state index in [1.807, 2.05) is 48.5 Å². The number of hydrogen-bond acceptors (Lipinski definition) is 5. The first-order chi connectivity index (χ1) is 14.6. The van der Waals surface area contributed by atoms with Crippen LogP contribution in [0.3, 0.4) is 0 Å². The van der Waals surface area contributed by atoms with E-state index in [2.05, 4.69) is 0 Å². The summed E-state index contributed by atoms with van der Waals surface area (Å²) < 4.78 is 11.5. The molecule has 30 heavy (non-hydrogen) atoms. The minimum Gasteiger partial charge on any atom is -0.494 e. The largest absolute Gasteiger partial charge is 0.494 e. The van der Waals surface area contributed by atoms with Crippen LogP contribution in [0.5, 0.6) is 11.5 Å². The van der Waals surface area contributed by atoms with Crippen LogP contribution < -0.4 is 26.7 Å². The van der Waals surface area contributed by atoms with Gasteiger partial charge in [-0.05, 0) is 42.7 Å². The summed E-state index contributed by atoms with van der Waals surface area (Å²) in [6.07, 6.45) is 9.01. The van der Waals surface area contributed by atoms with E-state index in [1.54, 1.807) is 0 Å². The maximum Gasteiger partial charge on any atom is 0.122 e. The van der Waals surface area contributed by atoms with Gasteiger partial charge in [0.15, 0.2) is 0 Å². The topological polar surface area (TPSA) is 120 Å².